The molecule has 9 heteroatoms. The Morgan fingerprint density at radius 3 is 2.29 bits per heavy atom. The van der Waals surface area contributed by atoms with Crippen LogP contribution in [0, 0.1) is 0 Å². The number of halogens is 1. The highest BCUT2D eigenvalue weighted by atomic mass is 35.5. The molecule has 1 saturated carbocycles. The molecule has 0 atom stereocenters. The normalized spacial score (nSPS) is 17.1. The van der Waals surface area contributed by atoms with E-state index in [1.807, 2.05) is 46.5 Å². The molecule has 0 unspecified atom stereocenters. The molecule has 1 aliphatic heterocycles. The van der Waals surface area contributed by atoms with Crippen LogP contribution in [0.4, 0.5) is 11.5 Å². The lowest BCUT2D eigenvalue weighted by Gasteiger charge is -2.29. The van der Waals surface area contributed by atoms with E-state index in [4.69, 9.17) is 31.1 Å². The molecule has 38 heavy (non-hydrogen) atoms. The zero-order valence-electron chi connectivity index (χ0n) is 23.3. The Kier molecular flexibility index (Phi) is 13.7. The number of nitrogens with zero attached hydrogens (tertiary/aromatic N) is 3. The Morgan fingerprint density at radius 2 is 1.74 bits per heavy atom. The fourth-order valence-corrected chi connectivity index (χ4v) is 5.58. The number of nitrogens with one attached hydrogen (secondary N) is 1. The topological polar surface area (TPSA) is 93.4 Å². The van der Waals surface area contributed by atoms with Gasteiger partial charge < -0.3 is 20.7 Å². The van der Waals surface area contributed by atoms with Gasteiger partial charge in [-0.05, 0) is 49.9 Å². The van der Waals surface area contributed by atoms with Crippen LogP contribution in [0.2, 0.25) is 0 Å². The van der Waals surface area contributed by atoms with E-state index in [-0.39, 0.29) is 11.2 Å². The van der Waals surface area contributed by atoms with Crippen molar-refractivity contribution < 1.29 is 9.53 Å². The van der Waals surface area contributed by atoms with Crippen LogP contribution in [-0.4, -0.2) is 49.7 Å². The largest absolute Gasteiger partial charge is 0.388 e. The number of morpholine rings is 1. The number of anilines is 2. The van der Waals surface area contributed by atoms with Crippen LogP contribution in [-0.2, 0) is 14.3 Å². The Hall–Kier alpha value is -2.55. The number of benzene rings is 1. The van der Waals surface area contributed by atoms with Crippen molar-refractivity contribution in [1.29, 1.82) is 0 Å². The van der Waals surface area contributed by atoms with Crippen LogP contribution < -0.4 is 16.0 Å². The van der Waals surface area contributed by atoms with E-state index in [0.717, 1.165) is 85.6 Å². The number of aromatic nitrogens is 2. The molecule has 7 nitrogen and oxygen atoms in total. The summed E-state index contributed by atoms with van der Waals surface area (Å²) in [7, 11) is 1.93. The molecule has 1 aromatic carbocycles. The van der Waals surface area contributed by atoms with Crippen molar-refractivity contribution in [3.63, 3.8) is 0 Å². The van der Waals surface area contributed by atoms with Gasteiger partial charge >= 0.3 is 0 Å². The van der Waals surface area contributed by atoms with E-state index in [2.05, 4.69) is 58.4 Å². The van der Waals surface area contributed by atoms with Gasteiger partial charge in [0, 0.05) is 47.4 Å². The third-order valence-electron chi connectivity index (χ3n) is 6.02. The van der Waals surface area contributed by atoms with Crippen LogP contribution >= 0.6 is 23.4 Å². The molecule has 0 spiro atoms. The SMILES string of the molecule is CC.CC.CNc1ccc(-c2nc(N3CCOCC3)cc(C3(SC4=C(Cl)CCC=C4)CC3)n2)cc1.NC=O. The van der Waals surface area contributed by atoms with Crippen molar-refractivity contribution in [2.24, 2.45) is 5.73 Å². The smallest absolute Gasteiger partial charge is 0.204 e. The van der Waals surface area contributed by atoms with Gasteiger partial charge in [-0.15, -0.1) is 11.8 Å². The maximum Gasteiger partial charge on any atom is 0.204 e. The fourth-order valence-electron chi connectivity index (χ4n) is 3.98. The number of primary amides is 1. The molecule has 2 aliphatic carbocycles. The highest BCUT2D eigenvalue weighted by molar-refractivity contribution is 8.04. The number of carbonyl (C=O) groups is 1. The molecule has 2 fully saturated rings. The average Bonchev–Trinajstić information content (AvgIpc) is 3.78. The summed E-state index contributed by atoms with van der Waals surface area (Å²) >= 11 is 8.44. The van der Waals surface area contributed by atoms with Gasteiger partial charge in [0.05, 0.1) is 23.7 Å². The van der Waals surface area contributed by atoms with E-state index >= 15 is 0 Å². The van der Waals surface area contributed by atoms with Gasteiger partial charge in [0.1, 0.15) is 5.82 Å². The number of nitrogens with two attached hydrogens (primary N) is 1. The number of amides is 1. The first-order chi connectivity index (χ1) is 18.6. The predicted molar refractivity (Wildman–Crippen MR) is 163 cm³/mol. The second kappa shape index (κ2) is 16.4. The van der Waals surface area contributed by atoms with Gasteiger partial charge in [-0.2, -0.15) is 0 Å². The summed E-state index contributed by atoms with van der Waals surface area (Å²) in [6.45, 7) is 11.2. The monoisotopic (exact) mass is 559 g/mol. The molecule has 5 rings (SSSR count). The summed E-state index contributed by atoms with van der Waals surface area (Å²) in [5.74, 6) is 1.78. The van der Waals surface area contributed by atoms with Gasteiger partial charge in [0.15, 0.2) is 5.82 Å². The maximum absolute atomic E-state index is 8.58. The van der Waals surface area contributed by atoms with Crippen molar-refractivity contribution in [2.75, 3.05) is 43.6 Å². The van der Waals surface area contributed by atoms with Crippen molar-refractivity contribution >= 4 is 41.3 Å². The minimum Gasteiger partial charge on any atom is -0.388 e. The van der Waals surface area contributed by atoms with E-state index in [1.165, 1.54) is 4.91 Å². The zero-order chi connectivity index (χ0) is 28.0. The Morgan fingerprint density at radius 1 is 1.11 bits per heavy atom. The molecule has 1 saturated heterocycles. The lowest BCUT2D eigenvalue weighted by atomic mass is 10.1. The number of hydrogen-bond donors (Lipinski definition) is 2. The van der Waals surface area contributed by atoms with Crippen LogP contribution in [0.5, 0.6) is 0 Å². The van der Waals surface area contributed by atoms with Crippen molar-refractivity contribution in [2.45, 2.75) is 58.1 Å². The third-order valence-corrected chi connectivity index (χ3v) is 8.14. The number of rotatable bonds is 6. The highest BCUT2D eigenvalue weighted by Crippen LogP contribution is 2.60. The first-order valence-electron chi connectivity index (χ1n) is 13.5. The van der Waals surface area contributed by atoms with Crippen LogP contribution in [0.1, 0.15) is 59.1 Å². The van der Waals surface area contributed by atoms with Crippen molar-refractivity contribution in [3.8, 4) is 11.4 Å². The van der Waals surface area contributed by atoms with Crippen molar-refractivity contribution in [1.82, 2.24) is 9.97 Å². The number of allylic oxidation sites excluding steroid dienone is 3. The number of carbonyl (C=O) groups excluding carboxylic acids is 1. The first kappa shape index (κ1) is 31.7. The molecule has 3 N–H and O–H groups in total. The molecular weight excluding hydrogens is 518 g/mol. The van der Waals surface area contributed by atoms with Gasteiger partial charge in [-0.1, -0.05) is 51.4 Å². The summed E-state index contributed by atoms with van der Waals surface area (Å²) in [6.07, 6.45) is 8.82. The second-order valence-electron chi connectivity index (χ2n) is 8.30. The fraction of sp³-hybridized carbons (Fsp3) is 0.483. The standard InChI is InChI=1S/C24H27ClN4OS.2C2H6.CH3NO/c1-26-18-8-6-17(7-9-18)23-27-21(16-22(28-23)29-12-14-30-15-13-29)24(10-11-24)31-20-5-3-2-4-19(20)25;2*1-2;2-1-3/h3,5-9,16,26H,2,4,10-15H2,1H3;2*1-2H3;1H,(H2,2,3). The molecular formula is C29H42ClN5O2S. The molecule has 2 heterocycles. The van der Waals surface area contributed by atoms with E-state index in [1.54, 1.807) is 0 Å². The van der Waals surface area contributed by atoms with Gasteiger partial charge in [0.2, 0.25) is 6.41 Å². The van der Waals surface area contributed by atoms with Crippen molar-refractivity contribution in [3.05, 3.63) is 58.1 Å². The summed E-state index contributed by atoms with van der Waals surface area (Å²) in [5.41, 5.74) is 7.39. The number of ether oxygens (including phenoxy) is 1. The van der Waals surface area contributed by atoms with Gasteiger partial charge in [-0.25, -0.2) is 9.97 Å². The van der Waals surface area contributed by atoms with Gasteiger partial charge in [0.25, 0.3) is 0 Å². The lowest BCUT2D eigenvalue weighted by Crippen LogP contribution is -2.37. The summed E-state index contributed by atoms with van der Waals surface area (Å²) in [4.78, 5) is 22.1. The van der Waals surface area contributed by atoms with E-state index in [9.17, 15) is 0 Å². The number of hydrogen-bond acceptors (Lipinski definition) is 7. The number of thioether (sulfide) groups is 1. The van der Waals surface area contributed by atoms with Crippen LogP contribution in [0.15, 0.2) is 52.4 Å². The lowest BCUT2D eigenvalue weighted by molar-refractivity contribution is -0.106. The van der Waals surface area contributed by atoms with E-state index in [0.29, 0.717) is 0 Å². The van der Waals surface area contributed by atoms with Crippen LogP contribution in [0.25, 0.3) is 11.4 Å². The van der Waals surface area contributed by atoms with E-state index < -0.39 is 0 Å². The first-order valence-corrected chi connectivity index (χ1v) is 14.7. The zero-order valence-corrected chi connectivity index (χ0v) is 24.9. The maximum atomic E-state index is 8.58. The molecule has 2 aromatic rings. The molecule has 0 bridgehead atoms. The second-order valence-corrected chi connectivity index (χ2v) is 10.2. The average molecular weight is 560 g/mol. The molecule has 3 aliphatic rings. The Bertz CT molecular complexity index is 1070. The summed E-state index contributed by atoms with van der Waals surface area (Å²) < 4.78 is 5.55. The van der Waals surface area contributed by atoms with Crippen LogP contribution in [0.3, 0.4) is 0 Å². The minimum absolute atomic E-state index is 0.0131. The third kappa shape index (κ3) is 8.48. The molecule has 1 aromatic heterocycles. The summed E-state index contributed by atoms with van der Waals surface area (Å²) in [5, 5.41) is 4.15. The molecule has 0 radical (unpaired) electrons. The molecule has 208 valence electrons. The molecule has 1 amide bonds. The van der Waals surface area contributed by atoms with Gasteiger partial charge in [-0.3, -0.25) is 4.79 Å². The quantitative estimate of drug-likeness (QED) is 0.380. The Labute approximate surface area is 237 Å². The predicted octanol–water partition coefficient (Wildman–Crippen LogP) is 6.70. The Balaban J connectivity index is 0.000000665. The highest BCUT2D eigenvalue weighted by Gasteiger charge is 2.48. The minimum atomic E-state index is -0.0131. The summed E-state index contributed by atoms with van der Waals surface area (Å²) in [6, 6.07) is 10.5.